The van der Waals surface area contributed by atoms with Gasteiger partial charge in [-0.15, -0.1) is 0 Å². The van der Waals surface area contributed by atoms with Gasteiger partial charge in [0, 0.05) is 5.56 Å². The van der Waals surface area contributed by atoms with Crippen LogP contribution in [0.2, 0.25) is 0 Å². The lowest BCUT2D eigenvalue weighted by Gasteiger charge is -2.24. The number of nitrogens with zero attached hydrogens (tertiary/aromatic N) is 1. The Bertz CT molecular complexity index is 1540. The lowest BCUT2D eigenvalue weighted by Crippen LogP contribution is -2.29. The minimum Gasteiger partial charge on any atom is -0.507 e. The number of amides is 1. The molecule has 1 unspecified atom stereocenters. The second-order valence-corrected chi connectivity index (χ2v) is 10.4. The molecule has 4 aromatic rings. The number of aryl methyl sites for hydroxylation is 1. The van der Waals surface area contributed by atoms with Crippen molar-refractivity contribution in [2.24, 2.45) is 0 Å². The Hall–Kier alpha value is -4.78. The molecule has 5 rings (SSSR count). The number of carbonyl (C=O) groups is 2. The number of likely N-dealkylation sites (tertiary alicyclic amines) is 1. The van der Waals surface area contributed by atoms with E-state index in [0.29, 0.717) is 41.6 Å². The van der Waals surface area contributed by atoms with Gasteiger partial charge in [-0.25, -0.2) is 0 Å². The molecule has 2 heterocycles. The van der Waals surface area contributed by atoms with Gasteiger partial charge < -0.3 is 23.9 Å². The molecule has 1 amide bonds. The van der Waals surface area contributed by atoms with Crippen molar-refractivity contribution in [2.75, 3.05) is 6.61 Å². The van der Waals surface area contributed by atoms with Crippen molar-refractivity contribution in [3.63, 3.8) is 0 Å². The van der Waals surface area contributed by atoms with Crippen molar-refractivity contribution >= 4 is 17.4 Å². The Balaban J connectivity index is 1.42. The first-order chi connectivity index (χ1) is 20.4. The summed E-state index contributed by atoms with van der Waals surface area (Å²) in [4.78, 5) is 28.1. The van der Waals surface area contributed by atoms with Crippen molar-refractivity contribution in [3.8, 4) is 11.5 Å². The van der Waals surface area contributed by atoms with Gasteiger partial charge in [-0.1, -0.05) is 61.7 Å². The first-order valence-electron chi connectivity index (χ1n) is 14.3. The van der Waals surface area contributed by atoms with Gasteiger partial charge in [-0.05, 0) is 73.0 Å². The van der Waals surface area contributed by atoms with Crippen LogP contribution in [0.1, 0.15) is 60.2 Å². The zero-order valence-electron chi connectivity index (χ0n) is 23.9. The van der Waals surface area contributed by atoms with E-state index >= 15 is 0 Å². The van der Waals surface area contributed by atoms with Gasteiger partial charge in [0.1, 0.15) is 29.6 Å². The zero-order valence-corrected chi connectivity index (χ0v) is 23.9. The van der Waals surface area contributed by atoms with E-state index in [1.54, 1.807) is 36.4 Å². The molecular formula is C35H35NO6. The highest BCUT2D eigenvalue weighted by Crippen LogP contribution is 2.41. The van der Waals surface area contributed by atoms with Gasteiger partial charge in [-0.3, -0.25) is 9.59 Å². The molecule has 1 saturated heterocycles. The van der Waals surface area contributed by atoms with Crippen LogP contribution in [0, 0.1) is 6.92 Å². The largest absolute Gasteiger partial charge is 0.507 e. The van der Waals surface area contributed by atoms with Crippen LogP contribution in [0.25, 0.3) is 5.76 Å². The van der Waals surface area contributed by atoms with Gasteiger partial charge in [0.05, 0.1) is 31.0 Å². The molecule has 42 heavy (non-hydrogen) atoms. The Morgan fingerprint density at radius 2 is 1.64 bits per heavy atom. The number of carbonyl (C=O) groups excluding carboxylic acids is 2. The molecule has 0 spiro atoms. The van der Waals surface area contributed by atoms with E-state index in [2.05, 4.69) is 13.0 Å². The van der Waals surface area contributed by atoms with Crippen LogP contribution in [-0.4, -0.2) is 28.3 Å². The quantitative estimate of drug-likeness (QED) is 0.0836. The molecule has 0 aliphatic carbocycles. The van der Waals surface area contributed by atoms with Crippen LogP contribution >= 0.6 is 0 Å². The average molecular weight is 566 g/mol. The maximum atomic E-state index is 13.4. The predicted octanol–water partition coefficient (Wildman–Crippen LogP) is 7.36. The number of unbranched alkanes of at least 4 members (excludes halogenated alkanes) is 2. The van der Waals surface area contributed by atoms with Gasteiger partial charge in [-0.2, -0.15) is 0 Å². The van der Waals surface area contributed by atoms with Crippen LogP contribution in [0.3, 0.4) is 0 Å². The predicted molar refractivity (Wildman–Crippen MR) is 160 cm³/mol. The summed E-state index contributed by atoms with van der Waals surface area (Å²) >= 11 is 0. The highest BCUT2D eigenvalue weighted by molar-refractivity contribution is 6.46. The lowest BCUT2D eigenvalue weighted by molar-refractivity contribution is -0.140. The maximum absolute atomic E-state index is 13.4. The number of aliphatic hydroxyl groups is 1. The third-order valence-electron chi connectivity index (χ3n) is 7.27. The van der Waals surface area contributed by atoms with Crippen LogP contribution in [0.15, 0.2) is 101 Å². The first kappa shape index (κ1) is 28.7. The summed E-state index contributed by atoms with van der Waals surface area (Å²) in [6.07, 6.45) is 4.70. The van der Waals surface area contributed by atoms with Crippen molar-refractivity contribution in [1.82, 2.24) is 4.90 Å². The average Bonchev–Trinajstić information content (AvgIpc) is 3.61. The van der Waals surface area contributed by atoms with Crippen LogP contribution in [-0.2, 0) is 22.7 Å². The molecule has 0 bridgehead atoms. The van der Waals surface area contributed by atoms with Crippen LogP contribution in [0.4, 0.5) is 0 Å². The molecule has 0 saturated carbocycles. The van der Waals surface area contributed by atoms with E-state index in [1.807, 2.05) is 49.4 Å². The number of aliphatic hydroxyl groups excluding tert-OH is 1. The van der Waals surface area contributed by atoms with Crippen LogP contribution in [0.5, 0.6) is 11.5 Å². The number of benzene rings is 3. The molecule has 1 N–H and O–H groups in total. The Morgan fingerprint density at radius 3 is 2.33 bits per heavy atom. The van der Waals surface area contributed by atoms with Crippen molar-refractivity contribution in [2.45, 2.75) is 52.3 Å². The van der Waals surface area contributed by atoms with Gasteiger partial charge in [0.2, 0.25) is 0 Å². The minimum absolute atomic E-state index is 0.0246. The molecule has 0 radical (unpaired) electrons. The van der Waals surface area contributed by atoms with E-state index in [-0.39, 0.29) is 17.9 Å². The van der Waals surface area contributed by atoms with Gasteiger partial charge in [0.15, 0.2) is 0 Å². The minimum atomic E-state index is -0.804. The van der Waals surface area contributed by atoms with Crippen molar-refractivity contribution in [3.05, 3.63) is 125 Å². The fourth-order valence-corrected chi connectivity index (χ4v) is 5.08. The summed E-state index contributed by atoms with van der Waals surface area (Å²) in [6, 6.07) is 24.9. The third-order valence-corrected chi connectivity index (χ3v) is 7.27. The highest BCUT2D eigenvalue weighted by Gasteiger charge is 2.46. The van der Waals surface area contributed by atoms with Crippen molar-refractivity contribution in [1.29, 1.82) is 0 Å². The summed E-state index contributed by atoms with van der Waals surface area (Å²) in [7, 11) is 0. The van der Waals surface area contributed by atoms with E-state index < -0.39 is 17.7 Å². The number of hydrogen-bond acceptors (Lipinski definition) is 6. The summed E-state index contributed by atoms with van der Waals surface area (Å²) in [5.41, 5.74) is 3.33. The topological polar surface area (TPSA) is 89.2 Å². The number of furan rings is 1. The molecule has 1 atom stereocenters. The molecule has 7 heteroatoms. The number of Topliss-reactive ketones (excluding diaryl/α,β-unsaturated/α-hetero) is 1. The molecule has 7 nitrogen and oxygen atoms in total. The second-order valence-electron chi connectivity index (χ2n) is 10.4. The molecular weight excluding hydrogens is 530 g/mol. The number of ketones is 1. The maximum Gasteiger partial charge on any atom is 0.296 e. The standard InChI is InChI=1S/C35H35NO6/c1-3-4-5-19-40-28-15-11-26(12-16-28)32-31(34(38)35(39)36(32)22-30-10-7-20-41-30)33(37)27-13-17-29(18-14-27)42-23-25-9-6-8-24(2)21-25/h6-18,20-21,32,37H,3-5,19,22-23H2,1-2H3/b33-31+. The normalized spacial score (nSPS) is 16.1. The molecule has 3 aromatic carbocycles. The number of ether oxygens (including phenoxy) is 2. The number of rotatable bonds is 12. The van der Waals surface area contributed by atoms with E-state index in [1.165, 1.54) is 11.2 Å². The second kappa shape index (κ2) is 13.3. The Kier molecular flexibility index (Phi) is 9.07. The third kappa shape index (κ3) is 6.57. The smallest absolute Gasteiger partial charge is 0.296 e. The molecule has 1 aliphatic heterocycles. The lowest BCUT2D eigenvalue weighted by atomic mass is 9.95. The van der Waals surface area contributed by atoms with E-state index in [0.717, 1.165) is 30.4 Å². The molecule has 216 valence electrons. The first-order valence-corrected chi connectivity index (χ1v) is 14.3. The summed E-state index contributed by atoms with van der Waals surface area (Å²) in [5.74, 6) is 0.175. The SMILES string of the molecule is CCCCCOc1ccc(C2/C(=C(\O)c3ccc(OCc4cccc(C)c4)cc3)C(=O)C(=O)N2Cc2ccco2)cc1. The van der Waals surface area contributed by atoms with Crippen molar-refractivity contribution < 1.29 is 28.6 Å². The monoisotopic (exact) mass is 565 g/mol. The Labute approximate surface area is 246 Å². The fourth-order valence-electron chi connectivity index (χ4n) is 5.08. The molecule has 1 fully saturated rings. The number of hydrogen-bond donors (Lipinski definition) is 1. The zero-order chi connectivity index (χ0) is 29.5. The summed E-state index contributed by atoms with van der Waals surface area (Å²) in [5, 5.41) is 11.4. The summed E-state index contributed by atoms with van der Waals surface area (Å²) in [6.45, 7) is 5.28. The molecule has 1 aliphatic rings. The summed E-state index contributed by atoms with van der Waals surface area (Å²) < 4.78 is 17.3. The molecule has 1 aromatic heterocycles. The van der Waals surface area contributed by atoms with E-state index in [4.69, 9.17) is 13.9 Å². The van der Waals surface area contributed by atoms with Gasteiger partial charge >= 0.3 is 0 Å². The highest BCUT2D eigenvalue weighted by atomic mass is 16.5. The fraction of sp³-hybridized carbons (Fsp3) is 0.257. The Morgan fingerprint density at radius 1 is 0.905 bits per heavy atom. The van der Waals surface area contributed by atoms with Crippen LogP contribution < -0.4 is 9.47 Å². The van der Waals surface area contributed by atoms with Gasteiger partial charge in [0.25, 0.3) is 11.7 Å². The van der Waals surface area contributed by atoms with E-state index in [9.17, 15) is 14.7 Å².